The second-order valence-electron chi connectivity index (χ2n) is 3.24. The molecule has 0 aliphatic carbocycles. The Morgan fingerprint density at radius 1 is 1.40 bits per heavy atom. The van der Waals surface area contributed by atoms with E-state index in [2.05, 4.69) is 20.9 Å². The molecule has 1 aromatic carbocycles. The largest absolute Gasteiger partial charge is 0.496 e. The number of hydrogen-bond acceptors (Lipinski definition) is 2. The number of aryl methyl sites for hydroxylation is 1. The van der Waals surface area contributed by atoms with Gasteiger partial charge in [-0.2, -0.15) is 0 Å². The van der Waals surface area contributed by atoms with Crippen molar-refractivity contribution in [2.75, 3.05) is 7.11 Å². The van der Waals surface area contributed by atoms with Gasteiger partial charge in [0.25, 0.3) is 0 Å². The molecule has 0 atom stereocenters. The van der Waals surface area contributed by atoms with Crippen LogP contribution in [0.15, 0.2) is 22.7 Å². The molecule has 78 valence electrons. The highest BCUT2D eigenvalue weighted by atomic mass is 79.9. The third kappa shape index (κ3) is 1.82. The number of aromatic nitrogens is 1. The summed E-state index contributed by atoms with van der Waals surface area (Å²) in [5.74, 6) is 0.806. The summed E-state index contributed by atoms with van der Waals surface area (Å²) >= 11 is 9.42. The van der Waals surface area contributed by atoms with Crippen LogP contribution >= 0.6 is 27.5 Å². The Kier molecular flexibility index (Phi) is 2.85. The van der Waals surface area contributed by atoms with Gasteiger partial charge < -0.3 is 4.74 Å². The molecule has 0 saturated carbocycles. The molecular formula is C11H9BrClNO. The first-order chi connectivity index (χ1) is 7.13. The Balaban J connectivity index is 2.88. The molecule has 2 aromatic rings. The summed E-state index contributed by atoms with van der Waals surface area (Å²) in [6.45, 7) is 1.93. The number of benzene rings is 1. The van der Waals surface area contributed by atoms with E-state index in [1.54, 1.807) is 7.11 Å². The summed E-state index contributed by atoms with van der Waals surface area (Å²) in [6, 6.07) is 5.79. The first-order valence-electron chi connectivity index (χ1n) is 4.43. The van der Waals surface area contributed by atoms with Crippen LogP contribution < -0.4 is 4.74 Å². The lowest BCUT2D eigenvalue weighted by Gasteiger charge is -2.08. The molecular weight excluding hydrogens is 277 g/mol. The molecule has 0 N–H and O–H groups in total. The highest BCUT2D eigenvalue weighted by Crippen LogP contribution is 2.32. The van der Waals surface area contributed by atoms with Crippen LogP contribution in [0.4, 0.5) is 0 Å². The molecule has 0 radical (unpaired) electrons. The minimum Gasteiger partial charge on any atom is -0.496 e. The highest BCUT2D eigenvalue weighted by Gasteiger charge is 2.08. The zero-order valence-corrected chi connectivity index (χ0v) is 10.7. The Labute approximate surface area is 101 Å². The van der Waals surface area contributed by atoms with Gasteiger partial charge in [-0.1, -0.05) is 11.6 Å². The predicted molar refractivity (Wildman–Crippen MR) is 65.7 cm³/mol. The minimum absolute atomic E-state index is 0.524. The number of ether oxygens (including phenoxy) is 1. The topological polar surface area (TPSA) is 22.1 Å². The van der Waals surface area contributed by atoms with Crippen molar-refractivity contribution >= 4 is 38.4 Å². The third-order valence-electron chi connectivity index (χ3n) is 2.24. The van der Waals surface area contributed by atoms with Crippen molar-refractivity contribution in [2.24, 2.45) is 0 Å². The van der Waals surface area contributed by atoms with Crippen molar-refractivity contribution in [1.29, 1.82) is 0 Å². The number of halogens is 2. The van der Waals surface area contributed by atoms with Crippen LogP contribution in [0, 0.1) is 6.92 Å². The van der Waals surface area contributed by atoms with E-state index in [9.17, 15) is 0 Å². The molecule has 0 fully saturated rings. The monoisotopic (exact) mass is 285 g/mol. The molecule has 2 rings (SSSR count). The molecule has 0 aliphatic rings. The van der Waals surface area contributed by atoms with Gasteiger partial charge in [0.05, 0.1) is 12.6 Å². The first kappa shape index (κ1) is 10.7. The van der Waals surface area contributed by atoms with Gasteiger partial charge in [0, 0.05) is 9.86 Å². The van der Waals surface area contributed by atoms with E-state index in [4.69, 9.17) is 16.3 Å². The zero-order valence-electron chi connectivity index (χ0n) is 8.34. The van der Waals surface area contributed by atoms with Crippen molar-refractivity contribution in [3.8, 4) is 5.75 Å². The van der Waals surface area contributed by atoms with Gasteiger partial charge in [0.15, 0.2) is 0 Å². The van der Waals surface area contributed by atoms with Gasteiger partial charge in [0.1, 0.15) is 10.9 Å². The van der Waals surface area contributed by atoms with Crippen molar-refractivity contribution in [3.63, 3.8) is 0 Å². The number of fused-ring (bicyclic) bond motifs is 1. The Morgan fingerprint density at radius 2 is 2.13 bits per heavy atom. The van der Waals surface area contributed by atoms with Crippen molar-refractivity contribution in [2.45, 2.75) is 6.92 Å². The number of hydrogen-bond donors (Lipinski definition) is 0. The first-order valence-corrected chi connectivity index (χ1v) is 5.60. The fourth-order valence-electron chi connectivity index (χ4n) is 1.46. The molecule has 2 nitrogen and oxygen atoms in total. The van der Waals surface area contributed by atoms with E-state index >= 15 is 0 Å². The lowest BCUT2D eigenvalue weighted by Crippen LogP contribution is -1.90. The van der Waals surface area contributed by atoms with Gasteiger partial charge in [-0.3, -0.25) is 0 Å². The quantitative estimate of drug-likeness (QED) is 0.740. The van der Waals surface area contributed by atoms with Gasteiger partial charge >= 0.3 is 0 Å². The van der Waals surface area contributed by atoms with Gasteiger partial charge in [0.2, 0.25) is 0 Å². The maximum absolute atomic E-state index is 5.98. The van der Waals surface area contributed by atoms with Crippen LogP contribution in [-0.4, -0.2) is 12.1 Å². The second-order valence-corrected chi connectivity index (χ2v) is 4.45. The van der Waals surface area contributed by atoms with E-state index in [-0.39, 0.29) is 0 Å². The second kappa shape index (κ2) is 3.99. The van der Waals surface area contributed by atoms with Gasteiger partial charge in [-0.25, -0.2) is 4.98 Å². The van der Waals surface area contributed by atoms with Crippen LogP contribution in [0.1, 0.15) is 5.56 Å². The molecule has 0 spiro atoms. The average Bonchev–Trinajstić information content (AvgIpc) is 2.22. The van der Waals surface area contributed by atoms with Gasteiger partial charge in [-0.15, -0.1) is 0 Å². The Bertz CT molecular complexity index is 527. The maximum atomic E-state index is 5.98. The summed E-state index contributed by atoms with van der Waals surface area (Å²) in [5.41, 5.74) is 1.77. The Hall–Kier alpha value is -0.800. The summed E-state index contributed by atoms with van der Waals surface area (Å²) in [4.78, 5) is 4.32. The minimum atomic E-state index is 0.524. The van der Waals surface area contributed by atoms with Gasteiger partial charge in [-0.05, 0) is 46.6 Å². The van der Waals surface area contributed by atoms with Crippen LogP contribution in [0.3, 0.4) is 0 Å². The van der Waals surface area contributed by atoms with Crippen LogP contribution in [0.5, 0.6) is 5.75 Å². The fourth-order valence-corrected chi connectivity index (χ4v) is 2.03. The number of methoxy groups -OCH3 is 1. The maximum Gasteiger partial charge on any atom is 0.132 e. The predicted octanol–water partition coefficient (Wildman–Crippen LogP) is 3.97. The smallest absolute Gasteiger partial charge is 0.132 e. The molecule has 0 saturated heterocycles. The van der Waals surface area contributed by atoms with E-state index in [0.29, 0.717) is 5.15 Å². The Morgan fingerprint density at radius 3 is 2.80 bits per heavy atom. The third-order valence-corrected chi connectivity index (χ3v) is 3.27. The molecule has 0 bridgehead atoms. The molecule has 0 aliphatic heterocycles. The van der Waals surface area contributed by atoms with Crippen LogP contribution in [0.25, 0.3) is 10.9 Å². The van der Waals surface area contributed by atoms with E-state index in [1.165, 1.54) is 0 Å². The zero-order chi connectivity index (χ0) is 11.0. The number of pyridine rings is 1. The van der Waals surface area contributed by atoms with Crippen molar-refractivity contribution in [3.05, 3.63) is 33.4 Å². The molecule has 4 heteroatoms. The number of nitrogens with zero attached hydrogens (tertiary/aromatic N) is 1. The molecule has 1 heterocycles. The van der Waals surface area contributed by atoms with Crippen molar-refractivity contribution in [1.82, 2.24) is 4.98 Å². The lowest BCUT2D eigenvalue weighted by atomic mass is 10.1. The normalized spacial score (nSPS) is 10.7. The summed E-state index contributed by atoms with van der Waals surface area (Å²) in [7, 11) is 1.65. The van der Waals surface area contributed by atoms with Crippen LogP contribution in [-0.2, 0) is 0 Å². The highest BCUT2D eigenvalue weighted by molar-refractivity contribution is 9.10. The number of rotatable bonds is 1. The fraction of sp³-hybridized carbons (Fsp3) is 0.182. The van der Waals surface area contributed by atoms with Crippen molar-refractivity contribution < 1.29 is 4.74 Å². The molecule has 0 amide bonds. The SMILES string of the molecule is COc1ccc(Br)c2nc(Cl)c(C)cc12. The molecule has 15 heavy (non-hydrogen) atoms. The standard InChI is InChI=1S/C11H9BrClNO/c1-6-5-7-9(15-2)4-3-8(12)10(7)14-11(6)13/h3-5H,1-2H3. The lowest BCUT2D eigenvalue weighted by molar-refractivity contribution is 0.419. The summed E-state index contributed by atoms with van der Waals surface area (Å²) in [5, 5.41) is 1.49. The average molecular weight is 287 g/mol. The van der Waals surface area contributed by atoms with E-state index in [1.807, 2.05) is 25.1 Å². The van der Waals surface area contributed by atoms with E-state index < -0.39 is 0 Å². The van der Waals surface area contributed by atoms with E-state index in [0.717, 1.165) is 26.7 Å². The molecule has 1 aromatic heterocycles. The van der Waals surface area contributed by atoms with Crippen LogP contribution in [0.2, 0.25) is 5.15 Å². The summed E-state index contributed by atoms with van der Waals surface area (Å²) < 4.78 is 6.19. The molecule has 0 unspecified atom stereocenters. The summed E-state index contributed by atoms with van der Waals surface area (Å²) in [6.07, 6.45) is 0.